The third kappa shape index (κ3) is 2.44. The molecule has 1 saturated heterocycles. The molecule has 1 heterocycles. The zero-order valence-corrected chi connectivity index (χ0v) is 10.6. The standard InChI is InChI=1S/C12H14FNO3S/c13-9-5-1-2-6-10(9)14(11(15)16)12(18)7-3-4-8-17-12/h1-2,5-6,18H,3-4,7-8H2,(H,15,16). The molecule has 0 saturated carbocycles. The SMILES string of the molecule is O=C(O)N(c1ccccc1F)C1(S)CCCCO1. The van der Waals surface area contributed by atoms with Gasteiger partial charge in [-0.25, -0.2) is 14.1 Å². The Morgan fingerprint density at radius 2 is 2.17 bits per heavy atom. The number of nitrogens with zero attached hydrogens (tertiary/aromatic N) is 1. The number of hydrogen-bond acceptors (Lipinski definition) is 3. The molecule has 18 heavy (non-hydrogen) atoms. The lowest BCUT2D eigenvalue weighted by molar-refractivity contribution is -0.00897. The summed E-state index contributed by atoms with van der Waals surface area (Å²) in [5.41, 5.74) is -0.0399. The van der Waals surface area contributed by atoms with E-state index in [-0.39, 0.29) is 5.69 Å². The molecule has 0 bridgehead atoms. The molecule has 1 aromatic carbocycles. The van der Waals surface area contributed by atoms with Crippen LogP contribution in [0.1, 0.15) is 19.3 Å². The van der Waals surface area contributed by atoms with Crippen LogP contribution in [0.25, 0.3) is 0 Å². The molecule has 98 valence electrons. The van der Waals surface area contributed by atoms with E-state index in [1.165, 1.54) is 18.2 Å². The number of halogens is 1. The molecule has 0 radical (unpaired) electrons. The number of rotatable bonds is 2. The molecule has 0 spiro atoms. The second-order valence-corrected chi connectivity index (χ2v) is 4.82. The minimum absolute atomic E-state index is 0.0399. The Bertz CT molecular complexity index is 449. The first kappa shape index (κ1) is 13.2. The lowest BCUT2D eigenvalue weighted by Crippen LogP contribution is -2.51. The second kappa shape index (κ2) is 5.16. The highest BCUT2D eigenvalue weighted by molar-refractivity contribution is 7.81. The normalized spacial score (nSPS) is 23.7. The molecule has 1 atom stereocenters. The number of anilines is 1. The van der Waals surface area contributed by atoms with E-state index in [2.05, 4.69) is 12.6 Å². The van der Waals surface area contributed by atoms with Crippen molar-refractivity contribution < 1.29 is 19.0 Å². The van der Waals surface area contributed by atoms with Gasteiger partial charge in [0.15, 0.2) is 5.06 Å². The molecular formula is C12H14FNO3S. The van der Waals surface area contributed by atoms with Crippen LogP contribution >= 0.6 is 12.6 Å². The number of ether oxygens (including phenoxy) is 1. The number of hydrogen-bond donors (Lipinski definition) is 2. The first-order valence-electron chi connectivity index (χ1n) is 5.68. The van der Waals surface area contributed by atoms with E-state index < -0.39 is 17.0 Å². The second-order valence-electron chi connectivity index (χ2n) is 4.12. The maximum Gasteiger partial charge on any atom is 0.414 e. The van der Waals surface area contributed by atoms with Crippen molar-refractivity contribution in [3.8, 4) is 0 Å². The first-order valence-corrected chi connectivity index (χ1v) is 6.13. The van der Waals surface area contributed by atoms with Gasteiger partial charge in [0.2, 0.25) is 0 Å². The van der Waals surface area contributed by atoms with Crippen molar-refractivity contribution in [1.82, 2.24) is 0 Å². The molecule has 1 amide bonds. The zero-order valence-electron chi connectivity index (χ0n) is 9.67. The molecular weight excluding hydrogens is 257 g/mol. The predicted octanol–water partition coefficient (Wildman–Crippen LogP) is 3.09. The smallest absolute Gasteiger partial charge is 0.414 e. The highest BCUT2D eigenvalue weighted by Gasteiger charge is 2.41. The molecule has 0 aliphatic carbocycles. The topological polar surface area (TPSA) is 49.8 Å². The van der Waals surface area contributed by atoms with E-state index in [9.17, 15) is 14.3 Å². The van der Waals surface area contributed by atoms with E-state index in [0.717, 1.165) is 17.7 Å². The maximum atomic E-state index is 13.7. The largest absolute Gasteiger partial charge is 0.465 e. The third-order valence-corrected chi connectivity index (χ3v) is 3.42. The Labute approximate surface area is 110 Å². The summed E-state index contributed by atoms with van der Waals surface area (Å²) in [6, 6.07) is 5.70. The van der Waals surface area contributed by atoms with Crippen molar-refractivity contribution in [2.24, 2.45) is 0 Å². The summed E-state index contributed by atoms with van der Waals surface area (Å²) in [6.45, 7) is 0.418. The van der Waals surface area contributed by atoms with Gasteiger partial charge in [0.1, 0.15) is 5.82 Å². The van der Waals surface area contributed by atoms with Gasteiger partial charge < -0.3 is 9.84 Å². The van der Waals surface area contributed by atoms with Crippen molar-refractivity contribution >= 4 is 24.4 Å². The molecule has 1 aliphatic rings. The van der Waals surface area contributed by atoms with Crippen LogP contribution in [0.5, 0.6) is 0 Å². The van der Waals surface area contributed by atoms with E-state index in [1.807, 2.05) is 0 Å². The van der Waals surface area contributed by atoms with Gasteiger partial charge in [-0.3, -0.25) is 0 Å². The van der Waals surface area contributed by atoms with Gasteiger partial charge in [0, 0.05) is 6.42 Å². The Hall–Kier alpha value is -1.27. The van der Waals surface area contributed by atoms with Crippen molar-refractivity contribution in [2.75, 3.05) is 11.5 Å². The minimum Gasteiger partial charge on any atom is -0.465 e. The average molecular weight is 271 g/mol. The third-order valence-electron chi connectivity index (χ3n) is 2.86. The van der Waals surface area contributed by atoms with E-state index in [4.69, 9.17) is 4.74 Å². The van der Waals surface area contributed by atoms with E-state index in [0.29, 0.717) is 13.0 Å². The molecule has 1 aromatic rings. The quantitative estimate of drug-likeness (QED) is 0.642. The van der Waals surface area contributed by atoms with Crippen molar-refractivity contribution in [2.45, 2.75) is 24.3 Å². The molecule has 1 aliphatic heterocycles. The summed E-state index contributed by atoms with van der Waals surface area (Å²) in [4.78, 5) is 12.2. The molecule has 6 heteroatoms. The Kier molecular flexibility index (Phi) is 3.77. The van der Waals surface area contributed by atoms with Crippen LogP contribution in [0.3, 0.4) is 0 Å². The van der Waals surface area contributed by atoms with Crippen molar-refractivity contribution in [3.05, 3.63) is 30.1 Å². The van der Waals surface area contributed by atoms with Gasteiger partial charge in [0.25, 0.3) is 0 Å². The first-order chi connectivity index (χ1) is 8.54. The van der Waals surface area contributed by atoms with Crippen LogP contribution in [0.4, 0.5) is 14.9 Å². The van der Waals surface area contributed by atoms with Gasteiger partial charge in [-0.05, 0) is 25.0 Å². The fourth-order valence-corrected chi connectivity index (χ4v) is 2.46. The number of amides is 1. The fraction of sp³-hybridized carbons (Fsp3) is 0.417. The highest BCUT2D eigenvalue weighted by Crippen LogP contribution is 2.37. The maximum absolute atomic E-state index is 13.7. The molecule has 2 rings (SSSR count). The average Bonchev–Trinajstić information content (AvgIpc) is 2.32. The number of carbonyl (C=O) groups is 1. The van der Waals surface area contributed by atoms with Crippen LogP contribution < -0.4 is 4.90 Å². The van der Waals surface area contributed by atoms with Gasteiger partial charge in [-0.2, -0.15) is 0 Å². The number of carboxylic acid groups (broad SMARTS) is 1. The zero-order chi connectivity index (χ0) is 13.2. The Balaban J connectivity index is 2.40. The number of benzene rings is 1. The molecule has 1 unspecified atom stereocenters. The highest BCUT2D eigenvalue weighted by atomic mass is 32.1. The van der Waals surface area contributed by atoms with Crippen LogP contribution in [-0.4, -0.2) is 22.9 Å². The Morgan fingerprint density at radius 1 is 1.44 bits per heavy atom. The monoisotopic (exact) mass is 271 g/mol. The summed E-state index contributed by atoms with van der Waals surface area (Å²) in [5, 5.41) is 8.00. The predicted molar refractivity (Wildman–Crippen MR) is 68.4 cm³/mol. The van der Waals surface area contributed by atoms with E-state index in [1.54, 1.807) is 6.07 Å². The lowest BCUT2D eigenvalue weighted by atomic mass is 10.1. The molecule has 4 nitrogen and oxygen atoms in total. The van der Waals surface area contributed by atoms with Gasteiger partial charge >= 0.3 is 6.09 Å². The van der Waals surface area contributed by atoms with Crippen molar-refractivity contribution in [1.29, 1.82) is 0 Å². The summed E-state index contributed by atoms with van der Waals surface area (Å²) in [6.07, 6.45) is 0.794. The fourth-order valence-electron chi connectivity index (χ4n) is 2.02. The molecule has 1 N–H and O–H groups in total. The minimum atomic E-state index is -1.30. The van der Waals surface area contributed by atoms with Crippen molar-refractivity contribution in [3.63, 3.8) is 0 Å². The number of para-hydroxylation sites is 1. The van der Waals surface area contributed by atoms with Crippen LogP contribution in [0.2, 0.25) is 0 Å². The van der Waals surface area contributed by atoms with Gasteiger partial charge in [-0.15, -0.1) is 12.6 Å². The molecule has 1 fully saturated rings. The van der Waals surface area contributed by atoms with E-state index >= 15 is 0 Å². The van der Waals surface area contributed by atoms with Gasteiger partial charge in [0.05, 0.1) is 12.3 Å². The summed E-state index contributed by atoms with van der Waals surface area (Å²) in [5.74, 6) is -0.609. The van der Waals surface area contributed by atoms with Crippen LogP contribution in [0.15, 0.2) is 24.3 Å². The summed E-state index contributed by atoms with van der Waals surface area (Å²) < 4.78 is 19.2. The molecule has 0 aromatic heterocycles. The summed E-state index contributed by atoms with van der Waals surface area (Å²) in [7, 11) is 0. The lowest BCUT2D eigenvalue weighted by Gasteiger charge is -2.40. The van der Waals surface area contributed by atoms with Crippen LogP contribution in [-0.2, 0) is 4.74 Å². The van der Waals surface area contributed by atoms with Gasteiger partial charge in [-0.1, -0.05) is 12.1 Å². The Morgan fingerprint density at radius 3 is 2.72 bits per heavy atom. The number of thiol groups is 1. The van der Waals surface area contributed by atoms with Crippen LogP contribution in [0, 0.1) is 5.82 Å². The summed E-state index contributed by atoms with van der Waals surface area (Å²) >= 11 is 4.30.